The number of carboxylic acid groups (broad SMARTS) is 1. The average molecular weight is 341 g/mol. The Bertz CT molecular complexity index is 670. The fraction of sp³-hybridized carbons (Fsp3) is 0.417. The molecule has 10 heteroatoms. The largest absolute Gasteiger partial charge is 0.507 e. The van der Waals surface area contributed by atoms with Crippen LogP contribution in [0, 0.1) is 0 Å². The monoisotopic (exact) mass is 341 g/mol. The zero-order valence-electron chi connectivity index (χ0n) is 11.6. The fourth-order valence-electron chi connectivity index (χ4n) is 1.70. The Kier molecular flexibility index (Phi) is 5.08. The molecular formula is C12H14F3NO5S. The summed E-state index contributed by atoms with van der Waals surface area (Å²) in [6.45, 7) is 1.80. The van der Waals surface area contributed by atoms with Gasteiger partial charge in [-0.2, -0.15) is 17.5 Å². The lowest BCUT2D eigenvalue weighted by Gasteiger charge is -2.24. The van der Waals surface area contributed by atoms with E-state index in [1.165, 1.54) is 13.8 Å². The minimum absolute atomic E-state index is 0.280. The molecule has 0 fully saturated rings. The van der Waals surface area contributed by atoms with Crippen molar-refractivity contribution in [1.82, 2.24) is 4.31 Å². The maximum atomic E-state index is 12.7. The van der Waals surface area contributed by atoms with Crippen molar-refractivity contribution in [2.75, 3.05) is 6.54 Å². The maximum absolute atomic E-state index is 12.7. The molecule has 0 spiro atoms. The number of benzene rings is 1. The second-order valence-electron chi connectivity index (χ2n) is 4.72. The minimum atomic E-state index is -4.80. The van der Waals surface area contributed by atoms with Gasteiger partial charge in [0.25, 0.3) is 0 Å². The van der Waals surface area contributed by atoms with Gasteiger partial charge in [-0.1, -0.05) is 0 Å². The summed E-state index contributed by atoms with van der Waals surface area (Å²) in [7, 11) is -4.61. The van der Waals surface area contributed by atoms with Crippen LogP contribution < -0.4 is 0 Å². The zero-order valence-corrected chi connectivity index (χ0v) is 12.4. The van der Waals surface area contributed by atoms with E-state index in [1.807, 2.05) is 0 Å². The Morgan fingerprint density at radius 1 is 1.32 bits per heavy atom. The van der Waals surface area contributed by atoms with E-state index in [1.54, 1.807) is 0 Å². The van der Waals surface area contributed by atoms with E-state index in [0.29, 0.717) is 16.4 Å². The second kappa shape index (κ2) is 6.13. The van der Waals surface area contributed by atoms with Crippen LogP contribution in [-0.2, 0) is 21.0 Å². The van der Waals surface area contributed by atoms with Crippen LogP contribution in [0.15, 0.2) is 23.1 Å². The lowest BCUT2D eigenvalue weighted by molar-refractivity contribution is -0.138. The molecule has 0 atom stereocenters. The molecule has 0 saturated carbocycles. The first kappa shape index (κ1) is 18.2. The summed E-state index contributed by atoms with van der Waals surface area (Å²) < 4.78 is 63.2. The smallest absolute Gasteiger partial charge is 0.416 e. The molecule has 1 rings (SSSR count). The van der Waals surface area contributed by atoms with Crippen LogP contribution in [0.5, 0.6) is 5.75 Å². The van der Waals surface area contributed by atoms with Crippen molar-refractivity contribution in [3.05, 3.63) is 23.8 Å². The lowest BCUT2D eigenvalue weighted by Crippen LogP contribution is -2.40. The number of aromatic hydroxyl groups is 1. The molecule has 0 aliphatic heterocycles. The Morgan fingerprint density at radius 2 is 1.86 bits per heavy atom. The van der Waals surface area contributed by atoms with Crippen LogP contribution in [0.25, 0.3) is 0 Å². The lowest BCUT2D eigenvalue weighted by atomic mass is 10.2. The second-order valence-corrected chi connectivity index (χ2v) is 6.58. The van der Waals surface area contributed by atoms with E-state index in [2.05, 4.69) is 0 Å². The number of carboxylic acids is 1. The van der Waals surface area contributed by atoms with Crippen LogP contribution >= 0.6 is 0 Å². The van der Waals surface area contributed by atoms with Gasteiger partial charge in [0.2, 0.25) is 10.0 Å². The summed E-state index contributed by atoms with van der Waals surface area (Å²) in [4.78, 5) is 9.77. The molecule has 0 aliphatic carbocycles. The first-order valence-electron chi connectivity index (χ1n) is 6.01. The van der Waals surface area contributed by atoms with Crippen molar-refractivity contribution >= 4 is 16.0 Å². The van der Waals surface area contributed by atoms with Crippen LogP contribution in [0.2, 0.25) is 0 Å². The highest BCUT2D eigenvalue weighted by molar-refractivity contribution is 7.89. The number of hydrogen-bond donors (Lipinski definition) is 2. The Hall–Kier alpha value is -1.81. The number of nitrogens with zero attached hydrogens (tertiary/aromatic N) is 1. The fourth-order valence-corrected chi connectivity index (χ4v) is 3.40. The molecule has 0 amide bonds. The third-order valence-corrected chi connectivity index (χ3v) is 4.79. The van der Waals surface area contributed by atoms with Gasteiger partial charge in [0.05, 0.1) is 5.56 Å². The highest BCUT2D eigenvalue weighted by atomic mass is 32.2. The Labute approximate surface area is 124 Å². The van der Waals surface area contributed by atoms with Crippen LogP contribution in [0.1, 0.15) is 19.4 Å². The summed E-state index contributed by atoms with van der Waals surface area (Å²) in [5.74, 6) is -2.35. The third kappa shape index (κ3) is 3.89. The molecule has 22 heavy (non-hydrogen) atoms. The average Bonchev–Trinajstić information content (AvgIpc) is 2.34. The van der Waals surface area contributed by atoms with Crippen LogP contribution in [-0.4, -0.2) is 41.5 Å². The molecule has 0 radical (unpaired) electrons. The van der Waals surface area contributed by atoms with E-state index in [4.69, 9.17) is 5.11 Å². The number of halogens is 3. The predicted octanol–water partition coefficient (Wildman–Crippen LogP) is 1.89. The van der Waals surface area contributed by atoms with E-state index in [9.17, 15) is 31.5 Å². The number of phenols is 1. The molecule has 1 aromatic carbocycles. The molecule has 0 bridgehead atoms. The zero-order chi connectivity index (χ0) is 17.3. The van der Waals surface area contributed by atoms with E-state index < -0.39 is 51.0 Å². The van der Waals surface area contributed by atoms with Gasteiger partial charge in [0, 0.05) is 6.04 Å². The Balaban J connectivity index is 3.46. The van der Waals surface area contributed by atoms with Gasteiger partial charge >= 0.3 is 12.1 Å². The molecule has 0 aliphatic rings. The third-order valence-electron chi connectivity index (χ3n) is 2.74. The van der Waals surface area contributed by atoms with E-state index in [0.717, 1.165) is 0 Å². The number of aliphatic carboxylic acids is 1. The van der Waals surface area contributed by atoms with E-state index in [-0.39, 0.29) is 6.07 Å². The number of hydrogen-bond acceptors (Lipinski definition) is 4. The number of rotatable bonds is 5. The molecule has 124 valence electrons. The number of carbonyl (C=O) groups is 1. The summed E-state index contributed by atoms with van der Waals surface area (Å²) in [5, 5.41) is 18.3. The minimum Gasteiger partial charge on any atom is -0.507 e. The highest BCUT2D eigenvalue weighted by Crippen LogP contribution is 2.35. The van der Waals surface area contributed by atoms with Crippen LogP contribution in [0.3, 0.4) is 0 Å². The van der Waals surface area contributed by atoms with Crippen molar-refractivity contribution in [2.24, 2.45) is 0 Å². The first-order valence-corrected chi connectivity index (χ1v) is 7.45. The van der Waals surface area contributed by atoms with Gasteiger partial charge in [-0.05, 0) is 32.0 Å². The van der Waals surface area contributed by atoms with Gasteiger partial charge < -0.3 is 10.2 Å². The molecule has 2 N–H and O–H groups in total. The molecule has 0 aromatic heterocycles. The SMILES string of the molecule is CC(C)N(CC(=O)O)S(=O)(=O)c1cc(C(F)(F)F)ccc1O. The topological polar surface area (TPSA) is 94.9 Å². The van der Waals surface area contributed by atoms with Crippen molar-refractivity contribution in [1.29, 1.82) is 0 Å². The van der Waals surface area contributed by atoms with Gasteiger partial charge in [-0.3, -0.25) is 4.79 Å². The predicted molar refractivity (Wildman–Crippen MR) is 69.8 cm³/mol. The van der Waals surface area contributed by atoms with Gasteiger partial charge in [-0.15, -0.1) is 0 Å². The molecular weight excluding hydrogens is 327 g/mol. The van der Waals surface area contributed by atoms with Crippen molar-refractivity contribution in [3.63, 3.8) is 0 Å². The highest BCUT2D eigenvalue weighted by Gasteiger charge is 2.36. The van der Waals surface area contributed by atoms with Crippen molar-refractivity contribution in [2.45, 2.75) is 31.0 Å². The molecule has 1 aromatic rings. The first-order chi connectivity index (χ1) is 9.87. The Morgan fingerprint density at radius 3 is 2.27 bits per heavy atom. The van der Waals surface area contributed by atoms with Crippen molar-refractivity contribution in [3.8, 4) is 5.75 Å². The normalized spacial score (nSPS) is 12.9. The maximum Gasteiger partial charge on any atom is 0.416 e. The molecule has 0 saturated heterocycles. The van der Waals surface area contributed by atoms with Crippen LogP contribution in [0.4, 0.5) is 13.2 Å². The number of alkyl halides is 3. The molecule has 6 nitrogen and oxygen atoms in total. The molecule has 0 heterocycles. The quantitative estimate of drug-likeness (QED) is 0.853. The summed E-state index contributed by atoms with van der Waals surface area (Å²) >= 11 is 0. The molecule has 0 unspecified atom stereocenters. The summed E-state index contributed by atoms with van der Waals surface area (Å²) in [5.41, 5.74) is -1.26. The number of sulfonamides is 1. The van der Waals surface area contributed by atoms with E-state index >= 15 is 0 Å². The summed E-state index contributed by atoms with van der Waals surface area (Å²) in [6, 6.07) is 0.595. The van der Waals surface area contributed by atoms with Gasteiger partial charge in [0.1, 0.15) is 17.2 Å². The summed E-state index contributed by atoms with van der Waals surface area (Å²) in [6.07, 6.45) is -4.80. The van der Waals surface area contributed by atoms with Gasteiger partial charge in [-0.25, -0.2) is 8.42 Å². The van der Waals surface area contributed by atoms with Gasteiger partial charge in [0.15, 0.2) is 0 Å². The number of phenolic OH excluding ortho intramolecular Hbond substituents is 1. The standard InChI is InChI=1S/C12H14F3NO5S/c1-7(2)16(6-11(18)19)22(20,21)10-5-8(12(13,14)15)3-4-9(10)17/h3-5,7,17H,6H2,1-2H3,(H,18,19). The van der Waals surface area contributed by atoms with Crippen molar-refractivity contribution < 1.29 is 36.6 Å².